The second kappa shape index (κ2) is 6.65. The van der Waals surface area contributed by atoms with Crippen LogP contribution in [0.25, 0.3) is 5.69 Å². The van der Waals surface area contributed by atoms with Crippen molar-refractivity contribution >= 4 is 23.4 Å². The highest BCUT2D eigenvalue weighted by molar-refractivity contribution is 6.30. The monoisotopic (exact) mass is 346 g/mol. The number of piperidine rings is 1. The zero-order valence-corrected chi connectivity index (χ0v) is 14.4. The Balaban J connectivity index is 1.76. The summed E-state index contributed by atoms with van der Waals surface area (Å²) in [6.45, 7) is 2.38. The van der Waals surface area contributed by atoms with Crippen molar-refractivity contribution in [1.82, 2.24) is 20.0 Å². The second-order valence-electron chi connectivity index (χ2n) is 6.02. The molecule has 126 valence electrons. The molecule has 1 aromatic carbocycles. The van der Waals surface area contributed by atoms with E-state index in [-0.39, 0.29) is 17.9 Å². The molecule has 0 aliphatic carbocycles. The summed E-state index contributed by atoms with van der Waals surface area (Å²) in [6.07, 6.45) is 2.68. The molecule has 1 atom stereocenters. The normalized spacial score (nSPS) is 17.9. The van der Waals surface area contributed by atoms with Crippen molar-refractivity contribution < 1.29 is 9.59 Å². The van der Waals surface area contributed by atoms with Crippen LogP contribution in [0.5, 0.6) is 0 Å². The average Bonchev–Trinajstić information content (AvgIpc) is 2.93. The zero-order valence-electron chi connectivity index (χ0n) is 13.6. The Kier molecular flexibility index (Phi) is 4.57. The van der Waals surface area contributed by atoms with Gasteiger partial charge in [-0.3, -0.25) is 9.59 Å². The largest absolute Gasteiger partial charge is 0.347 e. The van der Waals surface area contributed by atoms with E-state index in [0.29, 0.717) is 30.0 Å². The van der Waals surface area contributed by atoms with E-state index in [1.165, 1.54) is 0 Å². The highest BCUT2D eigenvalue weighted by atomic mass is 35.5. The molecular formula is C17H19ClN4O2. The van der Waals surface area contributed by atoms with Gasteiger partial charge >= 0.3 is 0 Å². The highest BCUT2D eigenvalue weighted by Crippen LogP contribution is 2.18. The number of hydrogen-bond acceptors (Lipinski definition) is 3. The van der Waals surface area contributed by atoms with Crippen molar-refractivity contribution in [1.29, 1.82) is 0 Å². The fourth-order valence-corrected chi connectivity index (χ4v) is 3.08. The Morgan fingerprint density at radius 2 is 2.21 bits per heavy atom. The molecule has 1 aliphatic heterocycles. The van der Waals surface area contributed by atoms with Gasteiger partial charge in [-0.25, -0.2) is 4.68 Å². The van der Waals surface area contributed by atoms with Crippen LogP contribution in [0.2, 0.25) is 5.02 Å². The number of amides is 2. The smallest absolute Gasteiger partial charge is 0.255 e. The first-order valence-electron chi connectivity index (χ1n) is 7.81. The lowest BCUT2D eigenvalue weighted by Gasteiger charge is -2.30. The molecule has 1 saturated heterocycles. The summed E-state index contributed by atoms with van der Waals surface area (Å²) in [6, 6.07) is 7.28. The highest BCUT2D eigenvalue weighted by Gasteiger charge is 2.25. The van der Waals surface area contributed by atoms with Gasteiger partial charge in [0.1, 0.15) is 0 Å². The quantitative estimate of drug-likeness (QED) is 0.926. The van der Waals surface area contributed by atoms with Crippen molar-refractivity contribution in [3.63, 3.8) is 0 Å². The maximum atomic E-state index is 12.5. The van der Waals surface area contributed by atoms with Crippen LogP contribution < -0.4 is 5.32 Å². The molecule has 1 unspecified atom stereocenters. The lowest BCUT2D eigenvalue weighted by atomic mass is 10.1. The van der Waals surface area contributed by atoms with E-state index in [1.54, 1.807) is 35.0 Å². The van der Waals surface area contributed by atoms with Crippen LogP contribution in [0.3, 0.4) is 0 Å². The van der Waals surface area contributed by atoms with Gasteiger partial charge in [0.05, 0.1) is 23.1 Å². The lowest BCUT2D eigenvalue weighted by molar-refractivity contribution is -0.132. The number of carbonyl (C=O) groups excluding carboxylic acids is 2. The Morgan fingerprint density at radius 1 is 1.42 bits per heavy atom. The van der Waals surface area contributed by atoms with Gasteiger partial charge in [-0.2, -0.15) is 5.10 Å². The van der Waals surface area contributed by atoms with Gasteiger partial charge in [0.25, 0.3) is 5.91 Å². The first kappa shape index (κ1) is 16.5. The molecular weight excluding hydrogens is 328 g/mol. The van der Waals surface area contributed by atoms with Gasteiger partial charge in [0.2, 0.25) is 5.91 Å². The molecule has 2 heterocycles. The summed E-state index contributed by atoms with van der Waals surface area (Å²) < 4.78 is 1.69. The van der Waals surface area contributed by atoms with Crippen molar-refractivity contribution in [3.05, 3.63) is 46.7 Å². The third kappa shape index (κ3) is 3.28. The summed E-state index contributed by atoms with van der Waals surface area (Å²) in [5.74, 6) is -0.0565. The fraction of sp³-hybridized carbons (Fsp3) is 0.353. The zero-order chi connectivity index (χ0) is 17.3. The Labute approximate surface area is 145 Å². The third-order valence-corrected chi connectivity index (χ3v) is 4.50. The minimum atomic E-state index is -0.173. The van der Waals surface area contributed by atoms with Crippen LogP contribution in [-0.2, 0) is 4.79 Å². The number of nitrogens with zero attached hydrogens (tertiary/aromatic N) is 3. The van der Waals surface area contributed by atoms with Gasteiger partial charge in [-0.15, -0.1) is 0 Å². The summed E-state index contributed by atoms with van der Waals surface area (Å²) in [5, 5.41) is 7.91. The van der Waals surface area contributed by atoms with Crippen LogP contribution in [-0.4, -0.2) is 46.1 Å². The molecule has 2 aromatic rings. The van der Waals surface area contributed by atoms with E-state index in [1.807, 2.05) is 19.1 Å². The van der Waals surface area contributed by atoms with E-state index < -0.39 is 0 Å². The Bertz CT molecular complexity index is 787. The number of rotatable bonds is 3. The number of carbonyl (C=O) groups is 2. The Morgan fingerprint density at radius 3 is 2.92 bits per heavy atom. The van der Waals surface area contributed by atoms with Gasteiger partial charge in [0, 0.05) is 31.1 Å². The molecule has 6 nitrogen and oxygen atoms in total. The van der Waals surface area contributed by atoms with E-state index in [0.717, 1.165) is 11.4 Å². The lowest BCUT2D eigenvalue weighted by Crippen LogP contribution is -2.48. The van der Waals surface area contributed by atoms with Gasteiger partial charge in [-0.1, -0.05) is 17.7 Å². The van der Waals surface area contributed by atoms with Crippen LogP contribution >= 0.6 is 11.6 Å². The van der Waals surface area contributed by atoms with Gasteiger partial charge in [-0.05, 0) is 31.5 Å². The molecule has 1 fully saturated rings. The predicted molar refractivity (Wildman–Crippen MR) is 91.4 cm³/mol. The summed E-state index contributed by atoms with van der Waals surface area (Å²) in [7, 11) is 1.75. The topological polar surface area (TPSA) is 67.2 Å². The standard InChI is InChI=1S/C17H19ClN4O2/c1-11-15(9-19-22(11)14-5-3-4-12(18)8-14)17(24)20-13-6-7-16(23)21(2)10-13/h3-5,8-9,13H,6-7,10H2,1-2H3,(H,20,24). The van der Waals surface area contributed by atoms with Crippen molar-refractivity contribution in [2.24, 2.45) is 0 Å². The number of hydrogen-bond donors (Lipinski definition) is 1. The molecule has 0 spiro atoms. The molecule has 1 N–H and O–H groups in total. The minimum absolute atomic E-state index is 0.0332. The number of likely N-dealkylation sites (N-methyl/N-ethyl adjacent to an activating group) is 1. The molecule has 24 heavy (non-hydrogen) atoms. The molecule has 3 rings (SSSR count). The van der Waals surface area contributed by atoms with Gasteiger partial charge in [0.15, 0.2) is 0 Å². The molecule has 0 saturated carbocycles. The number of likely N-dealkylation sites (tertiary alicyclic amines) is 1. The summed E-state index contributed by atoms with van der Waals surface area (Å²) in [4.78, 5) is 25.7. The third-order valence-electron chi connectivity index (χ3n) is 4.27. The van der Waals surface area contributed by atoms with E-state index in [4.69, 9.17) is 11.6 Å². The van der Waals surface area contributed by atoms with Crippen LogP contribution in [0.4, 0.5) is 0 Å². The number of aromatic nitrogens is 2. The maximum absolute atomic E-state index is 12.5. The SMILES string of the molecule is Cc1c(C(=O)NC2CCC(=O)N(C)C2)cnn1-c1cccc(Cl)c1. The number of benzene rings is 1. The maximum Gasteiger partial charge on any atom is 0.255 e. The van der Waals surface area contributed by atoms with E-state index in [2.05, 4.69) is 10.4 Å². The molecule has 7 heteroatoms. The van der Waals surface area contributed by atoms with Crippen LogP contribution in [0.1, 0.15) is 28.9 Å². The number of halogens is 1. The van der Waals surface area contributed by atoms with Crippen molar-refractivity contribution in [2.75, 3.05) is 13.6 Å². The molecule has 1 aliphatic rings. The van der Waals surface area contributed by atoms with Crippen LogP contribution in [0.15, 0.2) is 30.5 Å². The van der Waals surface area contributed by atoms with Gasteiger partial charge < -0.3 is 10.2 Å². The molecule has 1 aromatic heterocycles. The van der Waals surface area contributed by atoms with E-state index >= 15 is 0 Å². The first-order valence-corrected chi connectivity index (χ1v) is 8.19. The summed E-state index contributed by atoms with van der Waals surface area (Å²) in [5.41, 5.74) is 2.08. The summed E-state index contributed by atoms with van der Waals surface area (Å²) >= 11 is 6.02. The Hall–Kier alpha value is -2.34. The molecule has 0 radical (unpaired) electrons. The number of nitrogens with one attached hydrogen (secondary N) is 1. The van der Waals surface area contributed by atoms with Crippen molar-refractivity contribution in [3.8, 4) is 5.69 Å². The predicted octanol–water partition coefficient (Wildman–Crippen LogP) is 2.18. The first-order chi connectivity index (χ1) is 11.5. The molecule has 2 amide bonds. The minimum Gasteiger partial charge on any atom is -0.347 e. The second-order valence-corrected chi connectivity index (χ2v) is 6.46. The average molecular weight is 347 g/mol. The fourth-order valence-electron chi connectivity index (χ4n) is 2.89. The molecule has 0 bridgehead atoms. The van der Waals surface area contributed by atoms with Crippen molar-refractivity contribution in [2.45, 2.75) is 25.8 Å². The van der Waals surface area contributed by atoms with Crippen LogP contribution in [0, 0.1) is 6.92 Å². The van der Waals surface area contributed by atoms with E-state index in [9.17, 15) is 9.59 Å².